The highest BCUT2D eigenvalue weighted by molar-refractivity contribution is 9.10. The van der Waals surface area contributed by atoms with E-state index in [1.165, 1.54) is 0 Å². The van der Waals surface area contributed by atoms with Crippen molar-refractivity contribution >= 4 is 27.5 Å². The molecule has 1 aliphatic heterocycles. The summed E-state index contributed by atoms with van der Waals surface area (Å²) in [6.07, 6.45) is 0.981. The van der Waals surface area contributed by atoms with Crippen LogP contribution < -0.4 is 10.5 Å². The molecule has 1 fully saturated rings. The van der Waals surface area contributed by atoms with Crippen LogP contribution in [0.4, 0.5) is 0 Å². The quantitative estimate of drug-likeness (QED) is 0.930. The summed E-state index contributed by atoms with van der Waals surface area (Å²) in [6, 6.07) is 3.57. The van der Waals surface area contributed by atoms with Gasteiger partial charge in [0.15, 0.2) is 0 Å². The SMILES string of the molecule is COc1c(Br)cc(Cl)cc1C(N)C1CCOC1. The molecule has 5 heteroatoms. The first-order chi connectivity index (χ1) is 8.13. The summed E-state index contributed by atoms with van der Waals surface area (Å²) in [6.45, 7) is 1.48. The van der Waals surface area contributed by atoms with Gasteiger partial charge in [0.25, 0.3) is 0 Å². The molecule has 0 radical (unpaired) electrons. The van der Waals surface area contributed by atoms with Gasteiger partial charge in [0.05, 0.1) is 18.2 Å². The molecular formula is C12H15BrClNO2. The maximum absolute atomic E-state index is 6.27. The molecule has 1 aromatic carbocycles. The lowest BCUT2D eigenvalue weighted by Crippen LogP contribution is -2.22. The van der Waals surface area contributed by atoms with Crippen LogP contribution in [-0.4, -0.2) is 20.3 Å². The van der Waals surface area contributed by atoms with Gasteiger partial charge >= 0.3 is 0 Å². The predicted molar refractivity (Wildman–Crippen MR) is 71.6 cm³/mol. The van der Waals surface area contributed by atoms with Crippen LogP contribution in [0, 0.1) is 5.92 Å². The third kappa shape index (κ3) is 2.76. The third-order valence-electron chi connectivity index (χ3n) is 3.07. The molecule has 2 atom stereocenters. The summed E-state index contributed by atoms with van der Waals surface area (Å²) < 4.78 is 11.6. The van der Waals surface area contributed by atoms with E-state index >= 15 is 0 Å². The standard InChI is InChI=1S/C12H15BrClNO2/c1-16-12-9(4-8(14)5-10(12)13)11(15)7-2-3-17-6-7/h4-5,7,11H,2-3,6,15H2,1H3. The third-order valence-corrected chi connectivity index (χ3v) is 3.88. The highest BCUT2D eigenvalue weighted by Gasteiger charge is 2.27. The van der Waals surface area contributed by atoms with E-state index in [2.05, 4.69) is 15.9 Å². The summed E-state index contributed by atoms with van der Waals surface area (Å²) in [4.78, 5) is 0. The van der Waals surface area contributed by atoms with Gasteiger partial charge in [-0.2, -0.15) is 0 Å². The molecule has 1 saturated heterocycles. The van der Waals surface area contributed by atoms with Crippen molar-refractivity contribution in [3.05, 3.63) is 27.2 Å². The van der Waals surface area contributed by atoms with Crippen LogP contribution in [-0.2, 0) is 4.74 Å². The summed E-state index contributed by atoms with van der Waals surface area (Å²) in [5.41, 5.74) is 7.21. The smallest absolute Gasteiger partial charge is 0.137 e. The highest BCUT2D eigenvalue weighted by Crippen LogP contribution is 2.39. The fourth-order valence-electron chi connectivity index (χ4n) is 2.13. The van der Waals surface area contributed by atoms with E-state index in [0.717, 1.165) is 28.8 Å². The van der Waals surface area contributed by atoms with Gasteiger partial charge in [-0.1, -0.05) is 11.6 Å². The minimum atomic E-state index is -0.109. The largest absolute Gasteiger partial charge is 0.495 e. The van der Waals surface area contributed by atoms with Crippen molar-refractivity contribution in [2.24, 2.45) is 11.7 Å². The maximum atomic E-state index is 6.27. The van der Waals surface area contributed by atoms with Crippen LogP contribution in [0.1, 0.15) is 18.0 Å². The Labute approximate surface area is 114 Å². The van der Waals surface area contributed by atoms with Gasteiger partial charge in [0, 0.05) is 29.2 Å². The maximum Gasteiger partial charge on any atom is 0.137 e. The zero-order valence-corrected chi connectivity index (χ0v) is 11.9. The second kappa shape index (κ2) is 5.57. The van der Waals surface area contributed by atoms with Crippen molar-refractivity contribution in [1.82, 2.24) is 0 Å². The van der Waals surface area contributed by atoms with E-state index in [0.29, 0.717) is 17.5 Å². The van der Waals surface area contributed by atoms with E-state index in [1.54, 1.807) is 7.11 Å². The molecule has 0 bridgehead atoms. The number of ether oxygens (including phenoxy) is 2. The first-order valence-electron chi connectivity index (χ1n) is 5.49. The second-order valence-electron chi connectivity index (χ2n) is 4.16. The van der Waals surface area contributed by atoms with Crippen LogP contribution in [0.2, 0.25) is 5.02 Å². The van der Waals surface area contributed by atoms with Crippen molar-refractivity contribution in [1.29, 1.82) is 0 Å². The number of halogens is 2. The van der Waals surface area contributed by atoms with Crippen LogP contribution in [0.5, 0.6) is 5.75 Å². The Balaban J connectivity index is 2.35. The monoisotopic (exact) mass is 319 g/mol. The Hall–Kier alpha value is -0.290. The van der Waals surface area contributed by atoms with Crippen molar-refractivity contribution < 1.29 is 9.47 Å². The summed E-state index contributed by atoms with van der Waals surface area (Å²) in [7, 11) is 1.63. The van der Waals surface area contributed by atoms with E-state index < -0.39 is 0 Å². The number of rotatable bonds is 3. The molecule has 2 rings (SSSR count). The number of benzene rings is 1. The zero-order chi connectivity index (χ0) is 12.4. The van der Waals surface area contributed by atoms with Gasteiger partial charge < -0.3 is 15.2 Å². The van der Waals surface area contributed by atoms with Gasteiger partial charge in [-0.3, -0.25) is 0 Å². The minimum Gasteiger partial charge on any atom is -0.495 e. The molecule has 94 valence electrons. The molecule has 0 spiro atoms. The van der Waals surface area contributed by atoms with E-state index in [4.69, 9.17) is 26.8 Å². The lowest BCUT2D eigenvalue weighted by Gasteiger charge is -2.21. The summed E-state index contributed by atoms with van der Waals surface area (Å²) in [5, 5.41) is 0.655. The van der Waals surface area contributed by atoms with Crippen molar-refractivity contribution in [3.63, 3.8) is 0 Å². The Bertz CT molecular complexity index is 408. The Morgan fingerprint density at radius 1 is 1.59 bits per heavy atom. The zero-order valence-electron chi connectivity index (χ0n) is 9.58. The van der Waals surface area contributed by atoms with Gasteiger partial charge in [-0.25, -0.2) is 0 Å². The van der Waals surface area contributed by atoms with Crippen molar-refractivity contribution in [3.8, 4) is 5.75 Å². The minimum absolute atomic E-state index is 0.109. The van der Waals surface area contributed by atoms with E-state index in [-0.39, 0.29) is 6.04 Å². The van der Waals surface area contributed by atoms with Crippen LogP contribution >= 0.6 is 27.5 Å². The van der Waals surface area contributed by atoms with Gasteiger partial charge in [-0.05, 0) is 34.5 Å². The predicted octanol–water partition coefficient (Wildman–Crippen LogP) is 3.15. The molecule has 0 amide bonds. The normalized spacial score (nSPS) is 21.5. The highest BCUT2D eigenvalue weighted by atomic mass is 79.9. The van der Waals surface area contributed by atoms with Gasteiger partial charge in [0.1, 0.15) is 5.75 Å². The van der Waals surface area contributed by atoms with Gasteiger partial charge in [0.2, 0.25) is 0 Å². The number of nitrogens with two attached hydrogens (primary N) is 1. The molecule has 17 heavy (non-hydrogen) atoms. The van der Waals surface area contributed by atoms with E-state index in [9.17, 15) is 0 Å². The molecule has 0 saturated carbocycles. The fraction of sp³-hybridized carbons (Fsp3) is 0.500. The average Bonchev–Trinajstić information content (AvgIpc) is 2.80. The molecule has 1 aromatic rings. The number of hydrogen-bond donors (Lipinski definition) is 1. The Kier molecular flexibility index (Phi) is 4.31. The Morgan fingerprint density at radius 3 is 2.94 bits per heavy atom. The molecule has 2 unspecified atom stereocenters. The molecular weight excluding hydrogens is 305 g/mol. The fourth-order valence-corrected chi connectivity index (χ4v) is 3.13. The lowest BCUT2D eigenvalue weighted by atomic mass is 9.92. The molecule has 1 aliphatic rings. The van der Waals surface area contributed by atoms with Crippen LogP contribution in [0.15, 0.2) is 16.6 Å². The molecule has 0 aromatic heterocycles. The van der Waals surface area contributed by atoms with Gasteiger partial charge in [-0.15, -0.1) is 0 Å². The van der Waals surface area contributed by atoms with E-state index in [1.807, 2.05) is 12.1 Å². The van der Waals surface area contributed by atoms with Crippen LogP contribution in [0.25, 0.3) is 0 Å². The first kappa shape index (κ1) is 13.1. The van der Waals surface area contributed by atoms with Crippen molar-refractivity contribution in [2.75, 3.05) is 20.3 Å². The summed E-state index contributed by atoms with van der Waals surface area (Å²) >= 11 is 9.50. The Morgan fingerprint density at radius 2 is 2.35 bits per heavy atom. The van der Waals surface area contributed by atoms with Crippen molar-refractivity contribution in [2.45, 2.75) is 12.5 Å². The molecule has 3 nitrogen and oxygen atoms in total. The average molecular weight is 321 g/mol. The first-order valence-corrected chi connectivity index (χ1v) is 6.67. The molecule has 1 heterocycles. The molecule has 2 N–H and O–H groups in total. The molecule has 0 aliphatic carbocycles. The lowest BCUT2D eigenvalue weighted by molar-refractivity contribution is 0.180. The second-order valence-corrected chi connectivity index (χ2v) is 5.45. The number of methoxy groups -OCH3 is 1. The topological polar surface area (TPSA) is 44.5 Å². The van der Waals surface area contributed by atoms with Crippen LogP contribution in [0.3, 0.4) is 0 Å². The summed E-state index contributed by atoms with van der Waals surface area (Å²) in [5.74, 6) is 1.09. The number of hydrogen-bond acceptors (Lipinski definition) is 3.